The van der Waals surface area contributed by atoms with E-state index >= 15 is 0 Å². The molecule has 3 rings (SSSR count). The number of benzene rings is 1. The maximum Gasteiger partial charge on any atom is 0.125 e. The largest absolute Gasteiger partial charge is 0.487 e. The summed E-state index contributed by atoms with van der Waals surface area (Å²) in [4.78, 5) is 0. The van der Waals surface area contributed by atoms with Crippen LogP contribution >= 0.6 is 11.6 Å². The molecule has 0 radical (unpaired) electrons. The Morgan fingerprint density at radius 3 is 2.80 bits per heavy atom. The minimum atomic E-state index is 0.0111. The fourth-order valence-corrected chi connectivity index (χ4v) is 4.13. The Morgan fingerprint density at radius 2 is 2.15 bits per heavy atom. The van der Waals surface area contributed by atoms with Gasteiger partial charge in [-0.2, -0.15) is 0 Å². The second-order valence-corrected chi connectivity index (χ2v) is 7.56. The number of nitrogens with one attached hydrogen (secondary N) is 1. The molecular weight excluding hydrogens is 270 g/mol. The average Bonchev–Trinajstić information content (AvgIpc) is 2.66. The normalized spacial score (nSPS) is 31.1. The Bertz CT molecular complexity index is 514. The molecule has 110 valence electrons. The Kier molecular flexibility index (Phi) is 3.50. The van der Waals surface area contributed by atoms with Crippen LogP contribution in [0.5, 0.6) is 5.75 Å². The molecule has 2 nitrogen and oxygen atoms in total. The van der Waals surface area contributed by atoms with Crippen LogP contribution in [-0.2, 0) is 0 Å². The molecule has 1 heterocycles. The lowest BCUT2D eigenvalue weighted by Crippen LogP contribution is -2.42. The Balaban J connectivity index is 1.95. The van der Waals surface area contributed by atoms with Crippen LogP contribution in [0.2, 0.25) is 5.02 Å². The van der Waals surface area contributed by atoms with Crippen molar-refractivity contribution in [2.24, 2.45) is 5.41 Å². The van der Waals surface area contributed by atoms with Gasteiger partial charge in [0.1, 0.15) is 11.4 Å². The number of hydrogen-bond donors (Lipinski definition) is 1. The smallest absolute Gasteiger partial charge is 0.125 e. The third-order valence-electron chi connectivity index (χ3n) is 4.76. The summed E-state index contributed by atoms with van der Waals surface area (Å²) >= 11 is 6.16. The number of halogens is 1. The minimum Gasteiger partial charge on any atom is -0.487 e. The van der Waals surface area contributed by atoms with Crippen LogP contribution in [0.3, 0.4) is 0 Å². The van der Waals surface area contributed by atoms with E-state index in [0.29, 0.717) is 11.5 Å². The number of hydrogen-bond acceptors (Lipinski definition) is 2. The van der Waals surface area contributed by atoms with Gasteiger partial charge in [-0.25, -0.2) is 0 Å². The molecule has 1 aromatic carbocycles. The van der Waals surface area contributed by atoms with E-state index in [2.05, 4.69) is 32.2 Å². The topological polar surface area (TPSA) is 21.3 Å². The maximum atomic E-state index is 6.45. The molecule has 2 atom stereocenters. The highest BCUT2D eigenvalue weighted by Gasteiger charge is 2.49. The van der Waals surface area contributed by atoms with E-state index in [-0.39, 0.29) is 5.60 Å². The summed E-state index contributed by atoms with van der Waals surface area (Å²) in [6, 6.07) is 6.38. The van der Waals surface area contributed by atoms with E-state index in [0.717, 1.165) is 36.6 Å². The Labute approximate surface area is 126 Å². The van der Waals surface area contributed by atoms with Crippen LogP contribution in [-0.4, -0.2) is 12.1 Å². The zero-order valence-electron chi connectivity index (χ0n) is 12.6. The van der Waals surface area contributed by atoms with Gasteiger partial charge in [0.2, 0.25) is 0 Å². The van der Waals surface area contributed by atoms with E-state index in [4.69, 9.17) is 16.3 Å². The third-order valence-corrected chi connectivity index (χ3v) is 4.99. The van der Waals surface area contributed by atoms with E-state index in [9.17, 15) is 0 Å². The third kappa shape index (κ3) is 2.56. The molecule has 2 unspecified atom stereocenters. The summed E-state index contributed by atoms with van der Waals surface area (Å²) in [5.74, 6) is 1.02. The molecule has 20 heavy (non-hydrogen) atoms. The summed E-state index contributed by atoms with van der Waals surface area (Å²) < 4.78 is 6.45. The average molecular weight is 294 g/mol. The molecule has 0 amide bonds. The van der Waals surface area contributed by atoms with E-state index in [1.54, 1.807) is 0 Å². The first-order chi connectivity index (χ1) is 9.43. The molecular formula is C17H24ClNO. The number of fused-ring (bicyclic) bond motifs is 1. The van der Waals surface area contributed by atoms with Gasteiger partial charge in [-0.1, -0.05) is 32.4 Å². The van der Waals surface area contributed by atoms with E-state index in [1.165, 1.54) is 12.0 Å². The second-order valence-electron chi connectivity index (χ2n) is 7.12. The van der Waals surface area contributed by atoms with Crippen LogP contribution in [0.1, 0.15) is 58.1 Å². The molecule has 1 fully saturated rings. The highest BCUT2D eigenvalue weighted by Crippen LogP contribution is 2.53. The second kappa shape index (κ2) is 4.92. The molecule has 0 saturated heterocycles. The van der Waals surface area contributed by atoms with Crippen LogP contribution in [0.15, 0.2) is 18.2 Å². The van der Waals surface area contributed by atoms with Crippen LogP contribution < -0.4 is 10.1 Å². The molecule has 1 aliphatic carbocycles. The lowest BCUT2D eigenvalue weighted by Gasteiger charge is -2.41. The first kappa shape index (κ1) is 14.2. The standard InChI is InChI=1S/C17H24ClNO/c1-4-19-14-10-17(8-7-16(2,3)11-17)20-15-6-5-12(18)9-13(14)15/h5-6,9,14,19H,4,7-8,10-11H2,1-3H3. The van der Waals surface area contributed by atoms with Crippen LogP contribution in [0.4, 0.5) is 0 Å². The SMILES string of the molecule is CCNC1CC2(CCC(C)(C)C2)Oc2ccc(Cl)cc21. The van der Waals surface area contributed by atoms with Gasteiger partial charge in [0.05, 0.1) is 0 Å². The summed E-state index contributed by atoms with van der Waals surface area (Å²) in [5.41, 5.74) is 1.62. The van der Waals surface area contributed by atoms with Crippen molar-refractivity contribution in [2.45, 2.75) is 58.1 Å². The molecule has 1 aliphatic heterocycles. The van der Waals surface area contributed by atoms with Gasteiger partial charge in [0, 0.05) is 23.0 Å². The molecule has 2 aliphatic rings. The summed E-state index contributed by atoms with van der Waals surface area (Å²) in [5, 5.41) is 4.40. The van der Waals surface area contributed by atoms with Gasteiger partial charge in [0.25, 0.3) is 0 Å². The van der Waals surface area contributed by atoms with Gasteiger partial charge >= 0.3 is 0 Å². The van der Waals surface area contributed by atoms with Crippen molar-refractivity contribution in [3.8, 4) is 5.75 Å². The van der Waals surface area contributed by atoms with Crippen molar-refractivity contribution in [3.63, 3.8) is 0 Å². The first-order valence-corrected chi connectivity index (χ1v) is 8.03. The fraction of sp³-hybridized carbons (Fsp3) is 0.647. The fourth-order valence-electron chi connectivity index (χ4n) is 3.95. The van der Waals surface area contributed by atoms with Gasteiger partial charge in [0.15, 0.2) is 0 Å². The number of rotatable bonds is 2. The monoisotopic (exact) mass is 293 g/mol. The van der Waals surface area contributed by atoms with Crippen molar-refractivity contribution in [2.75, 3.05) is 6.54 Å². The molecule has 0 aromatic heterocycles. The predicted octanol–water partition coefficient (Wildman–Crippen LogP) is 4.72. The highest BCUT2D eigenvalue weighted by molar-refractivity contribution is 6.30. The van der Waals surface area contributed by atoms with Gasteiger partial charge < -0.3 is 10.1 Å². The lowest BCUT2D eigenvalue weighted by molar-refractivity contribution is 0.0279. The number of ether oxygens (including phenoxy) is 1. The highest BCUT2D eigenvalue weighted by atomic mass is 35.5. The Morgan fingerprint density at radius 1 is 1.35 bits per heavy atom. The van der Waals surface area contributed by atoms with Crippen molar-refractivity contribution in [3.05, 3.63) is 28.8 Å². The van der Waals surface area contributed by atoms with Crippen molar-refractivity contribution >= 4 is 11.6 Å². The predicted molar refractivity (Wildman–Crippen MR) is 83.5 cm³/mol. The first-order valence-electron chi connectivity index (χ1n) is 7.65. The summed E-state index contributed by atoms with van der Waals surface area (Å²) in [6.45, 7) is 7.83. The summed E-state index contributed by atoms with van der Waals surface area (Å²) in [6.07, 6.45) is 4.60. The molecule has 1 N–H and O–H groups in total. The van der Waals surface area contributed by atoms with Gasteiger partial charge in [-0.15, -0.1) is 0 Å². The van der Waals surface area contributed by atoms with E-state index in [1.807, 2.05) is 12.1 Å². The Hall–Kier alpha value is -0.730. The van der Waals surface area contributed by atoms with Gasteiger partial charge in [-0.3, -0.25) is 0 Å². The van der Waals surface area contributed by atoms with E-state index < -0.39 is 0 Å². The van der Waals surface area contributed by atoms with Crippen LogP contribution in [0.25, 0.3) is 0 Å². The van der Waals surface area contributed by atoms with Crippen molar-refractivity contribution in [1.82, 2.24) is 5.32 Å². The van der Waals surface area contributed by atoms with Gasteiger partial charge in [-0.05, 0) is 49.4 Å². The minimum absolute atomic E-state index is 0.0111. The zero-order valence-corrected chi connectivity index (χ0v) is 13.4. The molecule has 1 saturated carbocycles. The molecule has 1 aromatic rings. The van der Waals surface area contributed by atoms with Crippen molar-refractivity contribution < 1.29 is 4.74 Å². The quantitative estimate of drug-likeness (QED) is 0.852. The van der Waals surface area contributed by atoms with Crippen molar-refractivity contribution in [1.29, 1.82) is 0 Å². The molecule has 0 bridgehead atoms. The van der Waals surface area contributed by atoms with Crippen LogP contribution in [0, 0.1) is 5.41 Å². The maximum absolute atomic E-state index is 6.45. The lowest BCUT2D eigenvalue weighted by atomic mass is 9.82. The molecule has 1 spiro atoms. The zero-order chi connectivity index (χ0) is 14.4. The molecule has 3 heteroatoms. The summed E-state index contributed by atoms with van der Waals surface area (Å²) in [7, 11) is 0.